The first-order chi connectivity index (χ1) is 14.2. The molecular weight excluding hydrogens is 452 g/mol. The van der Waals surface area contributed by atoms with Gasteiger partial charge >= 0.3 is 0 Å². The third-order valence-electron chi connectivity index (χ3n) is 5.79. The summed E-state index contributed by atoms with van der Waals surface area (Å²) in [6.07, 6.45) is 9.21. The summed E-state index contributed by atoms with van der Waals surface area (Å²) in [5, 5.41) is 4.15. The number of aldehydes is 2. The molecule has 29 heavy (non-hydrogen) atoms. The van der Waals surface area contributed by atoms with Crippen LogP contribution in [0, 0.1) is 0 Å². The van der Waals surface area contributed by atoms with E-state index < -0.39 is 6.04 Å². The van der Waals surface area contributed by atoms with Crippen LogP contribution in [0.5, 0.6) is 0 Å². The number of nitrogens with one attached hydrogen (secondary N) is 1. The van der Waals surface area contributed by atoms with Crippen molar-refractivity contribution < 1.29 is 14.4 Å². The Hall–Kier alpha value is -1.18. The number of rotatable bonds is 11. The van der Waals surface area contributed by atoms with E-state index in [1.807, 2.05) is 28.8 Å². The second-order valence-electron chi connectivity index (χ2n) is 7.74. The molecule has 1 amide bonds. The van der Waals surface area contributed by atoms with Gasteiger partial charge in [-0.1, -0.05) is 41.3 Å². The van der Waals surface area contributed by atoms with Gasteiger partial charge in [0.25, 0.3) is 5.91 Å². The quantitative estimate of drug-likeness (QED) is 0.224. The van der Waals surface area contributed by atoms with E-state index in [1.54, 1.807) is 0 Å². The van der Waals surface area contributed by atoms with Crippen LogP contribution in [0.1, 0.15) is 60.9 Å². The van der Waals surface area contributed by atoms with E-state index in [2.05, 4.69) is 27.3 Å². The Balaban J connectivity index is 1.61. The summed E-state index contributed by atoms with van der Waals surface area (Å²) in [5.41, 5.74) is 1.85. The summed E-state index contributed by atoms with van der Waals surface area (Å²) in [6.45, 7) is 0.547. The molecule has 3 atom stereocenters. The number of amides is 1. The molecule has 2 aliphatic heterocycles. The van der Waals surface area contributed by atoms with Gasteiger partial charge in [0, 0.05) is 22.3 Å². The largest absolute Gasteiger partial charge is 0.329 e. The minimum atomic E-state index is -0.493. The van der Waals surface area contributed by atoms with Crippen molar-refractivity contribution in [1.82, 2.24) is 10.2 Å². The molecule has 1 fully saturated rings. The summed E-state index contributed by atoms with van der Waals surface area (Å²) in [7, 11) is 0. The molecule has 2 heterocycles. The van der Waals surface area contributed by atoms with Crippen LogP contribution in [0.15, 0.2) is 23.1 Å². The number of carbonyl (C=O) groups is 3. The summed E-state index contributed by atoms with van der Waals surface area (Å²) < 4.78 is 0. The topological polar surface area (TPSA) is 66.5 Å². The van der Waals surface area contributed by atoms with Gasteiger partial charge in [0.15, 0.2) is 0 Å². The Kier molecular flexibility index (Phi) is 8.75. The van der Waals surface area contributed by atoms with Crippen molar-refractivity contribution in [3.8, 4) is 0 Å². The number of halogens is 1. The molecule has 0 spiro atoms. The fraction of sp³-hybridized carbons (Fsp3) is 0.591. The van der Waals surface area contributed by atoms with Gasteiger partial charge in [-0.2, -0.15) is 0 Å². The van der Waals surface area contributed by atoms with Crippen molar-refractivity contribution in [2.24, 2.45) is 0 Å². The van der Waals surface area contributed by atoms with E-state index in [4.69, 9.17) is 0 Å². The van der Waals surface area contributed by atoms with E-state index in [1.165, 1.54) is 37.0 Å². The van der Waals surface area contributed by atoms with E-state index in [0.29, 0.717) is 19.4 Å². The fourth-order valence-corrected chi connectivity index (χ4v) is 5.68. The molecule has 1 aromatic carbocycles. The Morgan fingerprint density at radius 2 is 1.90 bits per heavy atom. The van der Waals surface area contributed by atoms with Crippen molar-refractivity contribution in [2.75, 3.05) is 11.1 Å². The van der Waals surface area contributed by atoms with Crippen molar-refractivity contribution in [1.29, 1.82) is 0 Å². The van der Waals surface area contributed by atoms with Crippen molar-refractivity contribution in [3.63, 3.8) is 0 Å². The Labute approximate surface area is 185 Å². The number of unbranched alkanes of at least 4 members (excludes halogenated alkanes) is 4. The zero-order valence-electron chi connectivity index (χ0n) is 16.6. The highest BCUT2D eigenvalue weighted by Gasteiger charge is 2.40. The zero-order chi connectivity index (χ0) is 20.6. The maximum Gasteiger partial charge on any atom is 0.254 e. The Bertz CT molecular complexity index is 730. The standard InChI is InChI=1S/C22H29BrN2O3S/c23-11-4-2-1-3-5-12-29-21-8-6-7-17-18(21)13-25(22(17)28)20-10-9-16(14-26)24-19(20)15-27/h6-8,14-16,19-20,24H,1-5,9-13H2. The average Bonchev–Trinajstić information content (AvgIpc) is 3.09. The number of benzene rings is 1. The number of hydrogen-bond donors (Lipinski definition) is 1. The maximum atomic E-state index is 13.0. The maximum absolute atomic E-state index is 13.0. The lowest BCUT2D eigenvalue weighted by Crippen LogP contribution is -2.58. The molecule has 3 unspecified atom stereocenters. The summed E-state index contributed by atoms with van der Waals surface area (Å²) in [5.74, 6) is 1.06. The predicted octanol–water partition coefficient (Wildman–Crippen LogP) is 3.97. The van der Waals surface area contributed by atoms with Crippen molar-refractivity contribution in [2.45, 2.75) is 74.5 Å². The summed E-state index contributed by atoms with van der Waals surface area (Å²) >= 11 is 5.30. The summed E-state index contributed by atoms with van der Waals surface area (Å²) in [6, 6.07) is 4.95. The SMILES string of the molecule is O=CC1CCC(N2Cc3c(SCCCCCCCBr)cccc3C2=O)C(C=O)N1. The first-order valence-corrected chi connectivity index (χ1v) is 12.6. The van der Waals surface area contributed by atoms with Crippen LogP contribution in [0.3, 0.4) is 0 Å². The predicted molar refractivity (Wildman–Crippen MR) is 120 cm³/mol. The van der Waals surface area contributed by atoms with Gasteiger partial charge < -0.3 is 14.5 Å². The van der Waals surface area contributed by atoms with E-state index in [0.717, 1.165) is 34.8 Å². The number of carbonyl (C=O) groups excluding carboxylic acids is 3. The van der Waals surface area contributed by atoms with Crippen LogP contribution in [0.2, 0.25) is 0 Å². The highest BCUT2D eigenvalue weighted by atomic mass is 79.9. The molecule has 0 saturated carbocycles. The normalized spacial score (nSPS) is 23.8. The minimum absolute atomic E-state index is 0.000394. The molecule has 1 N–H and O–H groups in total. The first-order valence-electron chi connectivity index (χ1n) is 10.5. The number of fused-ring (bicyclic) bond motifs is 1. The highest BCUT2D eigenvalue weighted by molar-refractivity contribution is 9.09. The molecule has 2 aliphatic rings. The summed E-state index contributed by atoms with van der Waals surface area (Å²) in [4.78, 5) is 38.7. The number of thioether (sulfide) groups is 1. The third-order valence-corrected chi connectivity index (χ3v) is 7.54. The van der Waals surface area contributed by atoms with Gasteiger partial charge in [-0.15, -0.1) is 11.8 Å². The molecule has 0 radical (unpaired) electrons. The molecule has 3 rings (SSSR count). The average molecular weight is 481 g/mol. The van der Waals surface area contributed by atoms with Crippen molar-refractivity contribution >= 4 is 46.2 Å². The molecule has 7 heteroatoms. The number of nitrogens with zero attached hydrogens (tertiary/aromatic N) is 1. The lowest BCUT2D eigenvalue weighted by Gasteiger charge is -2.38. The van der Waals surface area contributed by atoms with Crippen LogP contribution >= 0.6 is 27.7 Å². The molecule has 5 nitrogen and oxygen atoms in total. The van der Waals surface area contributed by atoms with Crippen LogP contribution < -0.4 is 5.32 Å². The van der Waals surface area contributed by atoms with E-state index >= 15 is 0 Å². The van der Waals surface area contributed by atoms with Crippen LogP contribution in [0.25, 0.3) is 0 Å². The molecule has 158 valence electrons. The monoisotopic (exact) mass is 480 g/mol. The molecule has 0 bridgehead atoms. The lowest BCUT2D eigenvalue weighted by atomic mass is 9.93. The van der Waals surface area contributed by atoms with E-state index in [-0.39, 0.29) is 18.0 Å². The molecular formula is C22H29BrN2O3S. The smallest absolute Gasteiger partial charge is 0.254 e. The molecule has 0 aromatic heterocycles. The minimum Gasteiger partial charge on any atom is -0.329 e. The van der Waals surface area contributed by atoms with Gasteiger partial charge in [-0.3, -0.25) is 10.1 Å². The van der Waals surface area contributed by atoms with Crippen LogP contribution in [-0.4, -0.2) is 52.6 Å². The lowest BCUT2D eigenvalue weighted by molar-refractivity contribution is -0.114. The fourth-order valence-electron chi connectivity index (χ4n) is 4.20. The molecule has 1 saturated heterocycles. The zero-order valence-corrected chi connectivity index (χ0v) is 19.1. The Morgan fingerprint density at radius 3 is 2.66 bits per heavy atom. The number of hydrogen-bond acceptors (Lipinski definition) is 5. The van der Waals surface area contributed by atoms with Crippen LogP contribution in [0.4, 0.5) is 0 Å². The van der Waals surface area contributed by atoms with Gasteiger partial charge in [0.2, 0.25) is 0 Å². The molecule has 1 aromatic rings. The second kappa shape index (κ2) is 11.3. The third kappa shape index (κ3) is 5.50. The molecule has 0 aliphatic carbocycles. The van der Waals surface area contributed by atoms with Gasteiger partial charge in [-0.25, -0.2) is 0 Å². The van der Waals surface area contributed by atoms with Gasteiger partial charge in [0.05, 0.1) is 18.1 Å². The van der Waals surface area contributed by atoms with Gasteiger partial charge in [-0.05, 0) is 49.1 Å². The first kappa shape index (κ1) is 22.5. The number of piperidine rings is 1. The van der Waals surface area contributed by atoms with Crippen molar-refractivity contribution in [3.05, 3.63) is 29.3 Å². The Morgan fingerprint density at radius 1 is 1.10 bits per heavy atom. The van der Waals surface area contributed by atoms with Crippen LogP contribution in [-0.2, 0) is 16.1 Å². The second-order valence-corrected chi connectivity index (χ2v) is 9.67. The van der Waals surface area contributed by atoms with E-state index in [9.17, 15) is 14.4 Å². The number of alkyl halides is 1. The highest BCUT2D eigenvalue weighted by Crippen LogP contribution is 2.35. The van der Waals surface area contributed by atoms with Gasteiger partial charge in [0.1, 0.15) is 12.6 Å².